The molecule has 0 saturated carbocycles. The van der Waals surface area contributed by atoms with Crippen LogP contribution < -0.4 is 5.32 Å². The number of hydrogen-bond donors (Lipinski definition) is 1. The van der Waals surface area contributed by atoms with Gasteiger partial charge in [0.25, 0.3) is 0 Å². The van der Waals surface area contributed by atoms with Crippen LogP contribution in [0.1, 0.15) is 11.1 Å². The Bertz CT molecular complexity index is 622. The number of ether oxygens (including phenoxy) is 1. The Morgan fingerprint density at radius 1 is 1.37 bits per heavy atom. The van der Waals surface area contributed by atoms with Crippen molar-refractivity contribution < 1.29 is 4.74 Å². The Balaban J connectivity index is 2.31. The number of para-hydroxylation sites is 1. The van der Waals surface area contributed by atoms with Gasteiger partial charge in [-0.15, -0.1) is 0 Å². The number of hydrogen-bond acceptors (Lipinski definition) is 4. The first kappa shape index (κ1) is 13.3. The molecule has 1 heterocycles. The van der Waals surface area contributed by atoms with E-state index < -0.39 is 0 Å². The summed E-state index contributed by atoms with van der Waals surface area (Å²) in [5.41, 5.74) is 2.35. The minimum absolute atomic E-state index is 0.283. The van der Waals surface area contributed by atoms with Crippen molar-refractivity contribution in [2.24, 2.45) is 0 Å². The summed E-state index contributed by atoms with van der Waals surface area (Å²) >= 11 is 5.87. The van der Waals surface area contributed by atoms with Crippen LogP contribution in [0.2, 0.25) is 5.15 Å². The molecule has 0 fully saturated rings. The van der Waals surface area contributed by atoms with Crippen LogP contribution in [0.3, 0.4) is 0 Å². The number of methoxy groups -OCH3 is 1. The lowest BCUT2D eigenvalue weighted by molar-refractivity contribution is 0.185. The first-order valence-electron chi connectivity index (χ1n) is 5.64. The summed E-state index contributed by atoms with van der Waals surface area (Å²) in [4.78, 5) is 4.14. The molecule has 0 saturated heterocycles. The van der Waals surface area contributed by atoms with Gasteiger partial charge in [-0.25, -0.2) is 4.98 Å². The molecule has 0 radical (unpaired) electrons. The number of rotatable bonds is 4. The zero-order chi connectivity index (χ0) is 13.7. The summed E-state index contributed by atoms with van der Waals surface area (Å²) < 4.78 is 5.14. The highest BCUT2D eigenvalue weighted by atomic mass is 35.5. The second-order valence-electron chi connectivity index (χ2n) is 3.89. The first-order valence-corrected chi connectivity index (χ1v) is 6.02. The summed E-state index contributed by atoms with van der Waals surface area (Å²) in [6.45, 7) is 0.495. The third-order valence-corrected chi connectivity index (χ3v) is 2.70. The fraction of sp³-hybridized carbons (Fsp3) is 0.143. The topological polar surface area (TPSA) is 57.9 Å². The van der Waals surface area contributed by atoms with Crippen LogP contribution in [0.5, 0.6) is 0 Å². The number of benzene rings is 1. The Labute approximate surface area is 116 Å². The molecule has 96 valence electrons. The summed E-state index contributed by atoms with van der Waals surface area (Å²) in [7, 11) is 1.64. The molecule has 0 spiro atoms. The van der Waals surface area contributed by atoms with Crippen LogP contribution in [0.4, 0.5) is 11.5 Å². The molecule has 0 aliphatic heterocycles. The van der Waals surface area contributed by atoms with E-state index in [1.54, 1.807) is 13.2 Å². The van der Waals surface area contributed by atoms with Crippen molar-refractivity contribution in [1.82, 2.24) is 4.98 Å². The highest BCUT2D eigenvalue weighted by Gasteiger charge is 2.05. The largest absolute Gasteiger partial charge is 0.380 e. The van der Waals surface area contributed by atoms with Gasteiger partial charge in [-0.05, 0) is 18.2 Å². The average Bonchev–Trinajstić information content (AvgIpc) is 2.40. The Kier molecular flexibility index (Phi) is 4.35. The SMILES string of the molecule is COCc1ccccc1Nc1cc(C#N)cc(Cl)n1. The molecule has 5 heteroatoms. The molecule has 2 aromatic rings. The molecular formula is C14H12ClN3O. The number of anilines is 2. The predicted octanol–water partition coefficient (Wildman–Crippen LogP) is 3.50. The average molecular weight is 274 g/mol. The zero-order valence-corrected chi connectivity index (χ0v) is 11.1. The first-order chi connectivity index (χ1) is 9.22. The lowest BCUT2D eigenvalue weighted by atomic mass is 10.2. The summed E-state index contributed by atoms with van der Waals surface area (Å²) in [5, 5.41) is 12.3. The lowest BCUT2D eigenvalue weighted by Crippen LogP contribution is -1.99. The smallest absolute Gasteiger partial charge is 0.133 e. The van der Waals surface area contributed by atoms with Crippen molar-refractivity contribution in [3.63, 3.8) is 0 Å². The molecule has 0 atom stereocenters. The van der Waals surface area contributed by atoms with E-state index >= 15 is 0 Å². The molecule has 1 aromatic carbocycles. The van der Waals surface area contributed by atoms with E-state index in [1.807, 2.05) is 30.3 Å². The fourth-order valence-electron chi connectivity index (χ4n) is 1.69. The highest BCUT2D eigenvalue weighted by Crippen LogP contribution is 2.22. The van der Waals surface area contributed by atoms with E-state index in [0.717, 1.165) is 11.3 Å². The molecule has 0 aliphatic rings. The van der Waals surface area contributed by atoms with E-state index in [0.29, 0.717) is 18.0 Å². The number of aromatic nitrogens is 1. The van der Waals surface area contributed by atoms with E-state index in [-0.39, 0.29) is 5.15 Å². The van der Waals surface area contributed by atoms with E-state index in [9.17, 15) is 0 Å². The fourth-order valence-corrected chi connectivity index (χ4v) is 1.90. The lowest BCUT2D eigenvalue weighted by Gasteiger charge is -2.11. The van der Waals surface area contributed by atoms with Crippen molar-refractivity contribution in [1.29, 1.82) is 5.26 Å². The van der Waals surface area contributed by atoms with Crippen molar-refractivity contribution in [2.75, 3.05) is 12.4 Å². The van der Waals surface area contributed by atoms with E-state index in [1.165, 1.54) is 6.07 Å². The minimum Gasteiger partial charge on any atom is -0.380 e. The molecule has 1 aromatic heterocycles. The van der Waals surface area contributed by atoms with Gasteiger partial charge in [0.1, 0.15) is 11.0 Å². The van der Waals surface area contributed by atoms with Crippen molar-refractivity contribution >= 4 is 23.1 Å². The molecule has 19 heavy (non-hydrogen) atoms. The maximum absolute atomic E-state index is 8.91. The quantitative estimate of drug-likeness (QED) is 0.866. The van der Waals surface area contributed by atoms with E-state index in [4.69, 9.17) is 21.6 Å². The number of nitrogens with zero attached hydrogens (tertiary/aromatic N) is 2. The van der Waals surface area contributed by atoms with Gasteiger partial charge in [0.2, 0.25) is 0 Å². The maximum Gasteiger partial charge on any atom is 0.133 e. The van der Waals surface area contributed by atoms with Crippen LogP contribution in [0.25, 0.3) is 0 Å². The third kappa shape index (κ3) is 3.44. The number of halogens is 1. The molecule has 0 bridgehead atoms. The number of nitrogens with one attached hydrogen (secondary N) is 1. The zero-order valence-electron chi connectivity index (χ0n) is 10.4. The monoisotopic (exact) mass is 273 g/mol. The molecule has 2 rings (SSSR count). The van der Waals surface area contributed by atoms with Crippen LogP contribution >= 0.6 is 11.6 Å². The second kappa shape index (κ2) is 6.19. The summed E-state index contributed by atoms with van der Waals surface area (Å²) in [5.74, 6) is 0.535. The summed E-state index contributed by atoms with van der Waals surface area (Å²) in [6.07, 6.45) is 0. The van der Waals surface area contributed by atoms with Crippen LogP contribution in [-0.2, 0) is 11.3 Å². The van der Waals surface area contributed by atoms with Gasteiger partial charge in [-0.1, -0.05) is 29.8 Å². The van der Waals surface area contributed by atoms with Crippen molar-refractivity contribution in [3.05, 3.63) is 52.7 Å². The van der Waals surface area contributed by atoms with Crippen molar-refractivity contribution in [3.8, 4) is 6.07 Å². The maximum atomic E-state index is 8.91. The third-order valence-electron chi connectivity index (χ3n) is 2.50. The van der Waals surface area contributed by atoms with E-state index in [2.05, 4.69) is 10.3 Å². The normalized spacial score (nSPS) is 9.95. The number of pyridine rings is 1. The van der Waals surface area contributed by atoms with Gasteiger partial charge in [-0.2, -0.15) is 5.26 Å². The van der Waals surface area contributed by atoms with Crippen LogP contribution in [0, 0.1) is 11.3 Å². The van der Waals surface area contributed by atoms with Gasteiger partial charge in [0.05, 0.1) is 18.2 Å². The predicted molar refractivity (Wildman–Crippen MR) is 74.4 cm³/mol. The Hall–Kier alpha value is -2.09. The van der Waals surface area contributed by atoms with Crippen LogP contribution in [-0.4, -0.2) is 12.1 Å². The molecule has 4 nitrogen and oxygen atoms in total. The van der Waals surface area contributed by atoms with Crippen LogP contribution in [0.15, 0.2) is 36.4 Å². The van der Waals surface area contributed by atoms with Gasteiger partial charge in [-0.3, -0.25) is 0 Å². The molecule has 1 N–H and O–H groups in total. The molecule has 0 aliphatic carbocycles. The highest BCUT2D eigenvalue weighted by molar-refractivity contribution is 6.29. The minimum atomic E-state index is 0.283. The standard InChI is InChI=1S/C14H12ClN3O/c1-19-9-11-4-2-3-5-12(11)17-14-7-10(8-16)6-13(15)18-14/h2-7H,9H2,1H3,(H,17,18). The molecular weight excluding hydrogens is 262 g/mol. The number of nitriles is 1. The Morgan fingerprint density at radius 2 is 2.16 bits per heavy atom. The van der Waals surface area contributed by atoms with Gasteiger partial charge >= 0.3 is 0 Å². The molecule has 0 unspecified atom stereocenters. The van der Waals surface area contributed by atoms with Gasteiger partial charge < -0.3 is 10.1 Å². The second-order valence-corrected chi connectivity index (χ2v) is 4.28. The summed E-state index contributed by atoms with van der Waals surface area (Å²) in [6, 6.07) is 12.9. The van der Waals surface area contributed by atoms with Gasteiger partial charge in [0.15, 0.2) is 0 Å². The molecule has 0 amide bonds. The Morgan fingerprint density at radius 3 is 2.89 bits per heavy atom. The van der Waals surface area contributed by atoms with Gasteiger partial charge in [0, 0.05) is 18.4 Å². The van der Waals surface area contributed by atoms with Crippen molar-refractivity contribution in [2.45, 2.75) is 6.61 Å².